The van der Waals surface area contributed by atoms with Crippen LogP contribution in [-0.2, 0) is 30.7 Å². The molecule has 0 unspecified atom stereocenters. The zero-order valence-corrected chi connectivity index (χ0v) is 15.6. The molecule has 0 saturated carbocycles. The maximum Gasteiger partial charge on any atom is -0.0195 e. The van der Waals surface area contributed by atoms with Crippen molar-refractivity contribution in [2.75, 3.05) is 0 Å². The van der Waals surface area contributed by atoms with Gasteiger partial charge in [-0.05, 0) is 18.4 Å². The largest absolute Gasteiger partial charge is 0.147 e. The van der Waals surface area contributed by atoms with Gasteiger partial charge in [-0.2, -0.15) is 0 Å². The number of fused-ring (bicyclic) bond motifs is 3. The number of rotatable bonds is 1. The van der Waals surface area contributed by atoms with Crippen LogP contribution < -0.4 is 0 Å². The van der Waals surface area contributed by atoms with Crippen molar-refractivity contribution in [2.24, 2.45) is 0 Å². The van der Waals surface area contributed by atoms with Crippen LogP contribution >= 0.6 is 0 Å². The Morgan fingerprint density at radius 1 is 1.05 bits per heavy atom. The molecule has 0 aromatic heterocycles. The molecule has 1 heteroatoms. The molecule has 0 radical (unpaired) electrons. The van der Waals surface area contributed by atoms with Gasteiger partial charge in [0.15, 0.2) is 0 Å². The van der Waals surface area contributed by atoms with Gasteiger partial charge in [0.1, 0.15) is 0 Å². The predicted octanol–water partition coefficient (Wildman–Crippen LogP) is 5.15. The van der Waals surface area contributed by atoms with Crippen LogP contribution in [0.3, 0.4) is 0 Å². The molecule has 0 N–H and O–H groups in total. The Morgan fingerprint density at radius 2 is 1.82 bits per heavy atom. The van der Waals surface area contributed by atoms with Gasteiger partial charge < -0.3 is 0 Å². The fourth-order valence-electron chi connectivity index (χ4n) is 2.89. The van der Waals surface area contributed by atoms with Crippen LogP contribution in [0.5, 0.6) is 0 Å². The fourth-order valence-corrected chi connectivity index (χ4v) is 2.89. The molecule has 2 aromatic rings. The molecular formula is C21H19Zr-. The van der Waals surface area contributed by atoms with Gasteiger partial charge in [-0.1, -0.05) is 47.5 Å². The van der Waals surface area contributed by atoms with Crippen molar-refractivity contribution in [3.05, 3.63) is 77.4 Å². The molecule has 0 heterocycles. The van der Waals surface area contributed by atoms with Crippen LogP contribution in [0.25, 0.3) is 16.7 Å². The molecule has 0 aliphatic heterocycles. The molecule has 0 spiro atoms. The zero-order chi connectivity index (χ0) is 15.5. The third-order valence-electron chi connectivity index (χ3n) is 3.82. The fraction of sp³-hybridized carbons (Fsp3) is 0.190. The Morgan fingerprint density at radius 3 is 2.55 bits per heavy atom. The summed E-state index contributed by atoms with van der Waals surface area (Å²) in [5.41, 5.74) is 8.16. The van der Waals surface area contributed by atoms with E-state index in [0.29, 0.717) is 0 Å². The first-order valence-electron chi connectivity index (χ1n) is 7.66. The number of hydrogen-bond donors (Lipinski definition) is 0. The van der Waals surface area contributed by atoms with Gasteiger partial charge in [-0.3, -0.25) is 0 Å². The molecule has 0 saturated heterocycles. The van der Waals surface area contributed by atoms with Crippen molar-refractivity contribution in [3.63, 3.8) is 0 Å². The summed E-state index contributed by atoms with van der Waals surface area (Å²) in [6.45, 7) is 4.25. The van der Waals surface area contributed by atoms with Gasteiger partial charge in [0.2, 0.25) is 0 Å². The molecule has 2 aliphatic rings. The minimum absolute atomic E-state index is 1.03. The van der Waals surface area contributed by atoms with Gasteiger partial charge in [0.25, 0.3) is 0 Å². The van der Waals surface area contributed by atoms with Crippen LogP contribution in [0.4, 0.5) is 0 Å². The van der Waals surface area contributed by atoms with Gasteiger partial charge in [0, 0.05) is 0 Å². The van der Waals surface area contributed by atoms with E-state index in [1.807, 2.05) is 0 Å². The summed E-state index contributed by atoms with van der Waals surface area (Å²) in [5.74, 6) is 0. The van der Waals surface area contributed by atoms with Crippen molar-refractivity contribution in [2.45, 2.75) is 26.7 Å². The quantitative estimate of drug-likeness (QED) is 0.525. The Bertz CT molecular complexity index is 774. The maximum absolute atomic E-state index is 3.61. The van der Waals surface area contributed by atoms with Crippen molar-refractivity contribution >= 4 is 8.78 Å². The number of benzene rings is 2. The van der Waals surface area contributed by atoms with E-state index in [9.17, 15) is 0 Å². The summed E-state index contributed by atoms with van der Waals surface area (Å²) in [6, 6.07) is 16.7. The van der Waals surface area contributed by atoms with Gasteiger partial charge in [0.05, 0.1) is 0 Å². The van der Waals surface area contributed by atoms with E-state index in [-0.39, 0.29) is 0 Å². The number of allylic oxidation sites excluding steroid dienone is 4. The Balaban J connectivity index is 0.000000325. The normalized spacial score (nSPS) is 13.8. The predicted molar refractivity (Wildman–Crippen MR) is 91.6 cm³/mol. The minimum Gasteiger partial charge on any atom is -0.147 e. The molecule has 2 aromatic carbocycles. The molecule has 4 rings (SSSR count). The molecule has 0 atom stereocenters. The summed E-state index contributed by atoms with van der Waals surface area (Å²) < 4.78 is 1.51. The van der Waals surface area contributed by atoms with E-state index in [1.165, 1.54) is 36.6 Å². The topological polar surface area (TPSA) is 0 Å². The molecule has 2 aliphatic carbocycles. The SMILES string of the molecule is C[C](C)=[Zr].[c-]1c(C2=CC=CC2)ccc2c1Cc1ccccc1-2. The summed E-state index contributed by atoms with van der Waals surface area (Å²) in [6.07, 6.45) is 8.60. The summed E-state index contributed by atoms with van der Waals surface area (Å²) in [4.78, 5) is 0. The van der Waals surface area contributed by atoms with Gasteiger partial charge >= 0.3 is 41.3 Å². The summed E-state index contributed by atoms with van der Waals surface area (Å²) in [5, 5.41) is 0. The standard InChI is InChI=1S/C18H13.C3H6.Zr/c1-2-6-13(5-1)14-9-10-18-16(11-14)12-15-7-3-4-8-17(15)18;1-3-2;/h1-5,7-10H,6,12H2;1-2H3;/q-1;;. The van der Waals surface area contributed by atoms with Crippen molar-refractivity contribution in [1.82, 2.24) is 0 Å². The minimum atomic E-state index is 1.03. The second-order valence-electron chi connectivity index (χ2n) is 5.92. The van der Waals surface area contributed by atoms with E-state index in [4.69, 9.17) is 0 Å². The first-order valence-corrected chi connectivity index (χ1v) is 8.89. The molecule has 108 valence electrons. The van der Waals surface area contributed by atoms with E-state index < -0.39 is 0 Å². The molecule has 0 fully saturated rings. The molecule has 0 bridgehead atoms. The second kappa shape index (κ2) is 6.84. The first kappa shape index (κ1) is 15.6. The van der Waals surface area contributed by atoms with Gasteiger partial charge in [-0.25, -0.2) is 0 Å². The Kier molecular flexibility index (Phi) is 4.84. The van der Waals surface area contributed by atoms with Crippen molar-refractivity contribution in [1.29, 1.82) is 0 Å². The number of hydrogen-bond acceptors (Lipinski definition) is 0. The molecule has 22 heavy (non-hydrogen) atoms. The monoisotopic (exact) mass is 361 g/mol. The maximum atomic E-state index is 3.61. The average Bonchev–Trinajstić information content (AvgIpc) is 3.13. The first-order chi connectivity index (χ1) is 10.6. The zero-order valence-electron chi connectivity index (χ0n) is 13.1. The van der Waals surface area contributed by atoms with Crippen LogP contribution in [0, 0.1) is 6.07 Å². The molecule has 0 amide bonds. The summed E-state index contributed by atoms with van der Waals surface area (Å²) >= 11 is 1.55. The van der Waals surface area contributed by atoms with Crippen LogP contribution in [-0.4, -0.2) is 3.21 Å². The van der Waals surface area contributed by atoms with E-state index >= 15 is 0 Å². The smallest absolute Gasteiger partial charge is 0.0195 e. The van der Waals surface area contributed by atoms with E-state index in [2.05, 4.69) is 74.5 Å². The Labute approximate surface area is 147 Å². The van der Waals surface area contributed by atoms with Crippen LogP contribution in [0.2, 0.25) is 0 Å². The van der Waals surface area contributed by atoms with Crippen molar-refractivity contribution in [3.8, 4) is 11.1 Å². The average molecular weight is 363 g/mol. The summed E-state index contributed by atoms with van der Waals surface area (Å²) in [7, 11) is 0. The molecular weight excluding hydrogens is 343 g/mol. The molecule has 0 nitrogen and oxygen atoms in total. The second-order valence-corrected chi connectivity index (χ2v) is 8.38. The third-order valence-corrected chi connectivity index (χ3v) is 3.82. The van der Waals surface area contributed by atoms with Crippen LogP contribution in [0.15, 0.2) is 54.6 Å². The van der Waals surface area contributed by atoms with E-state index in [1.54, 1.807) is 24.2 Å². The van der Waals surface area contributed by atoms with Crippen LogP contribution in [0.1, 0.15) is 37.0 Å². The third kappa shape index (κ3) is 3.36. The van der Waals surface area contributed by atoms with Gasteiger partial charge in [-0.15, -0.1) is 41.0 Å². The Hall–Kier alpha value is -1.33. The van der Waals surface area contributed by atoms with E-state index in [0.717, 1.165) is 12.8 Å². The van der Waals surface area contributed by atoms with Crippen molar-refractivity contribution < 1.29 is 24.2 Å².